The summed E-state index contributed by atoms with van der Waals surface area (Å²) < 4.78 is 5.52. The normalized spacial score (nSPS) is 18.2. The number of nitrogens with zero attached hydrogens (tertiary/aromatic N) is 3. The first-order valence-corrected chi connectivity index (χ1v) is 9.36. The molecule has 1 aromatic heterocycles. The molecule has 30 heavy (non-hydrogen) atoms. The molecule has 3 rings (SSSR count). The molecule has 0 spiro atoms. The van der Waals surface area contributed by atoms with E-state index in [9.17, 15) is 24.8 Å². The Kier molecular flexibility index (Phi) is 6.22. The smallest absolute Gasteiger partial charge is 0.295 e. The molecule has 1 N–H and O–H groups in total. The Balaban J connectivity index is 2.05. The highest BCUT2D eigenvalue weighted by Crippen LogP contribution is 2.39. The van der Waals surface area contributed by atoms with Crippen molar-refractivity contribution in [2.24, 2.45) is 0 Å². The highest BCUT2D eigenvalue weighted by atomic mass is 16.6. The van der Waals surface area contributed by atoms with Crippen molar-refractivity contribution in [1.29, 1.82) is 0 Å². The first kappa shape index (κ1) is 21.1. The molecule has 0 radical (unpaired) electrons. The molecule has 2 aromatic rings. The van der Waals surface area contributed by atoms with Crippen LogP contribution in [0.5, 0.6) is 0 Å². The van der Waals surface area contributed by atoms with Gasteiger partial charge in [0.05, 0.1) is 29.2 Å². The number of nitro groups is 1. The van der Waals surface area contributed by atoms with Crippen LogP contribution in [-0.2, 0) is 14.3 Å². The van der Waals surface area contributed by atoms with E-state index < -0.39 is 28.4 Å². The van der Waals surface area contributed by atoms with Gasteiger partial charge in [0.2, 0.25) is 0 Å². The largest absolute Gasteiger partial charge is 0.507 e. The van der Waals surface area contributed by atoms with Crippen molar-refractivity contribution in [3.63, 3.8) is 0 Å². The SMILES string of the molecule is CC(C)OCCN1C(=O)C(=O)/C(=C(\O)c2ccc([N+](=O)[O-])cc2)C1c1cccnc1. The highest BCUT2D eigenvalue weighted by Gasteiger charge is 2.46. The van der Waals surface area contributed by atoms with E-state index in [1.165, 1.54) is 35.4 Å². The number of aliphatic hydroxyl groups is 1. The van der Waals surface area contributed by atoms with E-state index in [-0.39, 0.29) is 36.1 Å². The van der Waals surface area contributed by atoms with Crippen LogP contribution in [0.4, 0.5) is 5.69 Å². The van der Waals surface area contributed by atoms with E-state index in [0.717, 1.165) is 0 Å². The van der Waals surface area contributed by atoms with Gasteiger partial charge < -0.3 is 14.7 Å². The van der Waals surface area contributed by atoms with Gasteiger partial charge >= 0.3 is 0 Å². The summed E-state index contributed by atoms with van der Waals surface area (Å²) >= 11 is 0. The van der Waals surface area contributed by atoms with E-state index in [4.69, 9.17) is 4.74 Å². The average Bonchev–Trinajstić information content (AvgIpc) is 2.98. The number of non-ortho nitro benzene ring substituents is 1. The van der Waals surface area contributed by atoms with Gasteiger partial charge in [-0.05, 0) is 37.6 Å². The first-order valence-electron chi connectivity index (χ1n) is 9.36. The fourth-order valence-corrected chi connectivity index (χ4v) is 3.28. The fourth-order valence-electron chi connectivity index (χ4n) is 3.28. The Hall–Kier alpha value is -3.59. The molecule has 0 aliphatic carbocycles. The highest BCUT2D eigenvalue weighted by molar-refractivity contribution is 6.46. The summed E-state index contributed by atoms with van der Waals surface area (Å²) in [6.45, 7) is 4.10. The van der Waals surface area contributed by atoms with Gasteiger partial charge in [0, 0.05) is 36.6 Å². The molecule has 0 saturated carbocycles. The number of amides is 1. The maximum absolute atomic E-state index is 12.8. The standard InChI is InChI=1S/C21H21N3O6/c1-13(2)30-11-10-23-18(15-4-3-9-22-12-15)17(20(26)21(23)27)19(25)14-5-7-16(8-6-14)24(28)29/h3-9,12-13,18,25H,10-11H2,1-2H3/b19-17-. The third kappa shape index (κ3) is 4.20. The number of carbonyl (C=O) groups is 2. The number of ether oxygens (including phenoxy) is 1. The van der Waals surface area contributed by atoms with Crippen LogP contribution in [0.15, 0.2) is 54.4 Å². The van der Waals surface area contributed by atoms with Gasteiger partial charge in [0.15, 0.2) is 0 Å². The minimum Gasteiger partial charge on any atom is -0.507 e. The van der Waals surface area contributed by atoms with E-state index in [2.05, 4.69) is 4.98 Å². The summed E-state index contributed by atoms with van der Waals surface area (Å²) in [4.78, 5) is 41.2. The number of hydrogen-bond donors (Lipinski definition) is 1. The van der Waals surface area contributed by atoms with Crippen LogP contribution in [0.2, 0.25) is 0 Å². The quantitative estimate of drug-likeness (QED) is 0.244. The van der Waals surface area contributed by atoms with Crippen molar-refractivity contribution in [3.8, 4) is 0 Å². The summed E-state index contributed by atoms with van der Waals surface area (Å²) in [5, 5.41) is 21.7. The molecule has 9 heteroatoms. The van der Waals surface area contributed by atoms with Gasteiger partial charge in [-0.2, -0.15) is 0 Å². The zero-order valence-electron chi connectivity index (χ0n) is 16.5. The van der Waals surface area contributed by atoms with E-state index in [1.807, 2.05) is 13.8 Å². The molecule has 2 heterocycles. The van der Waals surface area contributed by atoms with Crippen molar-refractivity contribution in [1.82, 2.24) is 9.88 Å². The topological polar surface area (TPSA) is 123 Å². The predicted octanol–water partition coefficient (Wildman–Crippen LogP) is 2.84. The Bertz CT molecular complexity index is 986. The monoisotopic (exact) mass is 411 g/mol. The number of benzene rings is 1. The van der Waals surface area contributed by atoms with Gasteiger partial charge in [-0.1, -0.05) is 6.07 Å². The molecule has 0 bridgehead atoms. The number of hydrogen-bond acceptors (Lipinski definition) is 7. The van der Waals surface area contributed by atoms with Crippen LogP contribution in [-0.4, -0.2) is 50.9 Å². The first-order chi connectivity index (χ1) is 14.3. The van der Waals surface area contributed by atoms with Crippen LogP contribution >= 0.6 is 0 Å². The van der Waals surface area contributed by atoms with Gasteiger partial charge in [-0.25, -0.2) is 0 Å². The Morgan fingerprint density at radius 3 is 2.53 bits per heavy atom. The van der Waals surface area contributed by atoms with Gasteiger partial charge in [-0.3, -0.25) is 24.7 Å². The minimum absolute atomic E-state index is 0.0428. The second-order valence-electron chi connectivity index (χ2n) is 7.00. The number of nitro benzene ring substituents is 1. The van der Waals surface area contributed by atoms with Gasteiger partial charge in [-0.15, -0.1) is 0 Å². The number of aromatic nitrogens is 1. The fraction of sp³-hybridized carbons (Fsp3) is 0.286. The molecule has 156 valence electrons. The minimum atomic E-state index is -0.843. The lowest BCUT2D eigenvalue weighted by Crippen LogP contribution is -2.33. The lowest BCUT2D eigenvalue weighted by molar-refractivity contribution is -0.384. The van der Waals surface area contributed by atoms with Crippen molar-refractivity contribution in [2.45, 2.75) is 26.0 Å². The molecule has 1 saturated heterocycles. The molecule has 1 aliphatic rings. The van der Waals surface area contributed by atoms with Crippen molar-refractivity contribution >= 4 is 23.1 Å². The molecule has 1 aliphatic heterocycles. The molecule has 1 amide bonds. The van der Waals surface area contributed by atoms with Crippen molar-refractivity contribution in [3.05, 3.63) is 75.6 Å². The number of aliphatic hydroxyl groups excluding tert-OH is 1. The Morgan fingerprint density at radius 2 is 1.97 bits per heavy atom. The Morgan fingerprint density at radius 1 is 1.27 bits per heavy atom. The van der Waals surface area contributed by atoms with Crippen molar-refractivity contribution < 1.29 is 24.4 Å². The number of pyridine rings is 1. The number of rotatable bonds is 7. The molecular weight excluding hydrogens is 390 g/mol. The van der Waals surface area contributed by atoms with E-state index >= 15 is 0 Å². The lowest BCUT2D eigenvalue weighted by atomic mass is 9.96. The number of Topliss-reactive ketones (excluding diaryl/α,β-unsaturated/α-hetero) is 1. The molecule has 9 nitrogen and oxygen atoms in total. The van der Waals surface area contributed by atoms with E-state index in [0.29, 0.717) is 5.56 Å². The molecule has 1 aromatic carbocycles. The van der Waals surface area contributed by atoms with Crippen LogP contribution in [0.3, 0.4) is 0 Å². The molecule has 1 atom stereocenters. The third-order valence-electron chi connectivity index (χ3n) is 4.68. The second-order valence-corrected chi connectivity index (χ2v) is 7.00. The molecule has 1 unspecified atom stereocenters. The third-order valence-corrected chi connectivity index (χ3v) is 4.68. The zero-order valence-corrected chi connectivity index (χ0v) is 16.5. The zero-order chi connectivity index (χ0) is 21.8. The Labute approximate surface area is 172 Å². The second kappa shape index (κ2) is 8.83. The van der Waals surface area contributed by atoms with Crippen LogP contribution in [0, 0.1) is 10.1 Å². The number of likely N-dealkylation sites (tertiary alicyclic amines) is 1. The molecular formula is C21H21N3O6. The van der Waals surface area contributed by atoms with Gasteiger partial charge in [0.1, 0.15) is 5.76 Å². The number of ketones is 1. The maximum atomic E-state index is 12.8. The van der Waals surface area contributed by atoms with Crippen LogP contribution < -0.4 is 0 Å². The summed E-state index contributed by atoms with van der Waals surface area (Å²) in [5.41, 5.74) is 0.517. The summed E-state index contributed by atoms with van der Waals surface area (Å²) in [5.74, 6) is -1.98. The van der Waals surface area contributed by atoms with Crippen LogP contribution in [0.25, 0.3) is 5.76 Å². The number of carbonyl (C=O) groups excluding carboxylic acids is 2. The predicted molar refractivity (Wildman–Crippen MR) is 107 cm³/mol. The van der Waals surface area contributed by atoms with Gasteiger partial charge in [0.25, 0.3) is 17.4 Å². The summed E-state index contributed by atoms with van der Waals surface area (Å²) in [6, 6.07) is 7.66. The average molecular weight is 411 g/mol. The summed E-state index contributed by atoms with van der Waals surface area (Å²) in [6.07, 6.45) is 3.04. The van der Waals surface area contributed by atoms with Crippen LogP contribution in [0.1, 0.15) is 31.0 Å². The maximum Gasteiger partial charge on any atom is 0.295 e. The van der Waals surface area contributed by atoms with Crippen molar-refractivity contribution in [2.75, 3.05) is 13.2 Å². The molecule has 1 fully saturated rings. The van der Waals surface area contributed by atoms with E-state index in [1.54, 1.807) is 18.3 Å². The lowest BCUT2D eigenvalue weighted by Gasteiger charge is -2.25. The summed E-state index contributed by atoms with van der Waals surface area (Å²) in [7, 11) is 0.